The molecule has 0 aromatic heterocycles. The van der Waals surface area contributed by atoms with Gasteiger partial charge in [0.25, 0.3) is 5.69 Å². The number of aryl methyl sites for hydroxylation is 2. The number of rotatable bonds is 7. The number of fused-ring (bicyclic) bond motifs is 3. The van der Waals surface area contributed by atoms with Crippen molar-refractivity contribution in [2.24, 2.45) is 0 Å². The molecule has 0 bridgehead atoms. The number of nitrogens with zero attached hydrogens (tertiary/aromatic N) is 1. The fourth-order valence-corrected chi connectivity index (χ4v) is 4.35. The van der Waals surface area contributed by atoms with Crippen LogP contribution in [0.3, 0.4) is 0 Å². The Hall–Kier alpha value is -3.93. The molecule has 1 aliphatic rings. The van der Waals surface area contributed by atoms with Gasteiger partial charge in [0, 0.05) is 24.1 Å². The minimum absolute atomic E-state index is 0.0309. The average molecular weight is 443 g/mol. The third-order valence-corrected chi connectivity index (χ3v) is 6.00. The van der Waals surface area contributed by atoms with Crippen LogP contribution in [0, 0.1) is 24.0 Å². The molecule has 0 unspecified atom stereocenters. The van der Waals surface area contributed by atoms with Gasteiger partial charge in [-0.15, -0.1) is 0 Å². The van der Waals surface area contributed by atoms with Gasteiger partial charge in [0.05, 0.1) is 4.92 Å². The van der Waals surface area contributed by atoms with Crippen molar-refractivity contribution < 1.29 is 14.5 Å². The van der Waals surface area contributed by atoms with E-state index in [-0.39, 0.29) is 23.1 Å². The van der Waals surface area contributed by atoms with Gasteiger partial charge in [-0.05, 0) is 59.7 Å². The molecule has 1 N–H and O–H groups in total. The van der Waals surface area contributed by atoms with E-state index < -0.39 is 6.09 Å². The third-order valence-electron chi connectivity index (χ3n) is 6.00. The SMILES string of the molecule is Cc1cc(C)c([N+](=O)[O-])cc1C=CCCNC(=O)OCC1c2ccccc2-c2ccccc21. The molecule has 33 heavy (non-hydrogen) atoms. The van der Waals surface area contributed by atoms with Crippen LogP contribution in [-0.4, -0.2) is 24.2 Å². The number of benzene rings is 3. The number of nitro groups is 1. The maximum absolute atomic E-state index is 12.2. The van der Waals surface area contributed by atoms with E-state index in [0.29, 0.717) is 18.5 Å². The van der Waals surface area contributed by atoms with E-state index in [9.17, 15) is 14.9 Å². The van der Waals surface area contributed by atoms with Gasteiger partial charge in [0.1, 0.15) is 6.61 Å². The first-order valence-electron chi connectivity index (χ1n) is 11.0. The highest BCUT2D eigenvalue weighted by Gasteiger charge is 2.28. The lowest BCUT2D eigenvalue weighted by molar-refractivity contribution is -0.385. The maximum Gasteiger partial charge on any atom is 0.407 e. The van der Waals surface area contributed by atoms with Crippen molar-refractivity contribution in [3.8, 4) is 11.1 Å². The van der Waals surface area contributed by atoms with Gasteiger partial charge in [0.15, 0.2) is 0 Å². The van der Waals surface area contributed by atoms with Crippen molar-refractivity contribution in [2.45, 2.75) is 26.2 Å². The minimum Gasteiger partial charge on any atom is -0.449 e. The fraction of sp³-hybridized carbons (Fsp3) is 0.222. The lowest BCUT2D eigenvalue weighted by Crippen LogP contribution is -2.26. The second-order valence-corrected chi connectivity index (χ2v) is 8.20. The number of carbonyl (C=O) groups is 1. The second-order valence-electron chi connectivity index (χ2n) is 8.20. The first-order chi connectivity index (χ1) is 16.0. The molecule has 0 atom stereocenters. The van der Waals surface area contributed by atoms with Crippen molar-refractivity contribution in [3.05, 3.63) is 105 Å². The molecule has 1 amide bonds. The van der Waals surface area contributed by atoms with Crippen LogP contribution < -0.4 is 5.32 Å². The molecule has 0 radical (unpaired) electrons. The van der Waals surface area contributed by atoms with Gasteiger partial charge < -0.3 is 10.1 Å². The Bertz CT molecular complexity index is 1190. The van der Waals surface area contributed by atoms with Gasteiger partial charge in [-0.2, -0.15) is 0 Å². The number of nitrogens with one attached hydrogen (secondary N) is 1. The Morgan fingerprint density at radius 1 is 1.03 bits per heavy atom. The van der Waals surface area contributed by atoms with E-state index >= 15 is 0 Å². The highest BCUT2D eigenvalue weighted by atomic mass is 16.6. The van der Waals surface area contributed by atoms with Crippen LogP contribution in [0.5, 0.6) is 0 Å². The summed E-state index contributed by atoms with van der Waals surface area (Å²) in [6, 6.07) is 19.8. The number of nitro benzene ring substituents is 1. The summed E-state index contributed by atoms with van der Waals surface area (Å²) in [5, 5.41) is 13.9. The number of amides is 1. The van der Waals surface area contributed by atoms with Crippen LogP contribution >= 0.6 is 0 Å². The zero-order valence-corrected chi connectivity index (χ0v) is 18.7. The Kier molecular flexibility index (Phi) is 6.54. The monoisotopic (exact) mass is 442 g/mol. The highest BCUT2D eigenvalue weighted by Crippen LogP contribution is 2.44. The maximum atomic E-state index is 12.2. The number of alkyl carbamates (subject to hydrolysis) is 1. The molecule has 6 heteroatoms. The standard InChI is InChI=1S/C27H26N2O4/c1-18-15-19(2)26(29(31)32)16-20(18)9-7-8-14-28-27(30)33-17-25-23-12-5-3-10-21(23)22-11-4-6-13-24(22)25/h3-7,9-13,15-16,25H,8,14,17H2,1-2H3,(H,28,30). The van der Waals surface area contributed by atoms with E-state index in [1.807, 2.05) is 49.4 Å². The quantitative estimate of drug-likeness (QED) is 0.270. The summed E-state index contributed by atoms with van der Waals surface area (Å²) in [5.41, 5.74) is 7.27. The molecular weight excluding hydrogens is 416 g/mol. The normalized spacial score (nSPS) is 12.4. The summed E-state index contributed by atoms with van der Waals surface area (Å²) in [7, 11) is 0. The van der Waals surface area contributed by atoms with Crippen molar-refractivity contribution in [1.82, 2.24) is 5.32 Å². The molecule has 6 nitrogen and oxygen atoms in total. The van der Waals surface area contributed by atoms with Crippen LogP contribution in [0.1, 0.15) is 40.2 Å². The number of hydrogen-bond donors (Lipinski definition) is 1. The van der Waals surface area contributed by atoms with Gasteiger partial charge in [-0.1, -0.05) is 60.7 Å². The smallest absolute Gasteiger partial charge is 0.407 e. The van der Waals surface area contributed by atoms with Crippen molar-refractivity contribution in [1.29, 1.82) is 0 Å². The molecular formula is C27H26N2O4. The summed E-state index contributed by atoms with van der Waals surface area (Å²) in [5.74, 6) is 0.0309. The Labute approximate surface area is 193 Å². The van der Waals surface area contributed by atoms with E-state index in [1.165, 1.54) is 22.3 Å². The first-order valence-corrected chi connectivity index (χ1v) is 11.0. The van der Waals surface area contributed by atoms with Crippen molar-refractivity contribution in [3.63, 3.8) is 0 Å². The van der Waals surface area contributed by atoms with Crippen LogP contribution in [0.15, 0.2) is 66.7 Å². The predicted molar refractivity (Wildman–Crippen MR) is 129 cm³/mol. The van der Waals surface area contributed by atoms with Gasteiger partial charge in [-0.3, -0.25) is 10.1 Å². The van der Waals surface area contributed by atoms with Crippen LogP contribution in [-0.2, 0) is 4.74 Å². The third kappa shape index (κ3) is 4.80. The summed E-state index contributed by atoms with van der Waals surface area (Å²) < 4.78 is 5.53. The zero-order valence-electron chi connectivity index (χ0n) is 18.7. The van der Waals surface area contributed by atoms with E-state index in [4.69, 9.17) is 4.74 Å². The van der Waals surface area contributed by atoms with Crippen molar-refractivity contribution >= 4 is 17.9 Å². The molecule has 0 saturated heterocycles. The molecule has 4 rings (SSSR count). The molecule has 0 aliphatic heterocycles. The largest absolute Gasteiger partial charge is 0.449 e. The topological polar surface area (TPSA) is 81.5 Å². The molecule has 3 aromatic carbocycles. The van der Waals surface area contributed by atoms with Crippen LogP contribution in [0.25, 0.3) is 17.2 Å². The molecule has 3 aromatic rings. The van der Waals surface area contributed by atoms with E-state index in [2.05, 4.69) is 29.6 Å². The summed E-state index contributed by atoms with van der Waals surface area (Å²) >= 11 is 0. The summed E-state index contributed by atoms with van der Waals surface area (Å²) in [4.78, 5) is 23.0. The molecule has 1 aliphatic carbocycles. The number of carbonyl (C=O) groups excluding carboxylic acids is 1. The molecule has 0 heterocycles. The summed E-state index contributed by atoms with van der Waals surface area (Å²) in [6.07, 6.45) is 3.88. The van der Waals surface area contributed by atoms with Crippen LogP contribution in [0.4, 0.5) is 10.5 Å². The molecule has 168 valence electrons. The molecule has 0 spiro atoms. The van der Waals surface area contributed by atoms with Crippen LogP contribution in [0.2, 0.25) is 0 Å². The predicted octanol–water partition coefficient (Wildman–Crippen LogP) is 6.15. The van der Waals surface area contributed by atoms with Gasteiger partial charge in [-0.25, -0.2) is 4.79 Å². The lowest BCUT2D eigenvalue weighted by atomic mass is 9.98. The summed E-state index contributed by atoms with van der Waals surface area (Å²) in [6.45, 7) is 4.35. The highest BCUT2D eigenvalue weighted by molar-refractivity contribution is 5.79. The zero-order chi connectivity index (χ0) is 23.4. The van der Waals surface area contributed by atoms with Gasteiger partial charge >= 0.3 is 6.09 Å². The Balaban J connectivity index is 1.29. The second kappa shape index (κ2) is 9.69. The van der Waals surface area contributed by atoms with Crippen molar-refractivity contribution in [2.75, 3.05) is 13.2 Å². The number of ether oxygens (including phenoxy) is 1. The number of hydrogen-bond acceptors (Lipinski definition) is 4. The van der Waals surface area contributed by atoms with E-state index in [1.54, 1.807) is 13.0 Å². The lowest BCUT2D eigenvalue weighted by Gasteiger charge is -2.14. The Morgan fingerprint density at radius 2 is 1.67 bits per heavy atom. The Morgan fingerprint density at radius 3 is 2.30 bits per heavy atom. The van der Waals surface area contributed by atoms with Gasteiger partial charge in [0.2, 0.25) is 0 Å². The molecule has 0 fully saturated rings. The minimum atomic E-state index is -0.451. The van der Waals surface area contributed by atoms with E-state index in [0.717, 1.165) is 11.1 Å². The fourth-order valence-electron chi connectivity index (χ4n) is 4.35. The molecule has 0 saturated carbocycles. The average Bonchev–Trinajstić information content (AvgIpc) is 3.12. The first kappa shape index (κ1) is 22.3.